The Morgan fingerprint density at radius 2 is 1.60 bits per heavy atom. The minimum Gasteiger partial charge on any atom is -0.478 e. The van der Waals surface area contributed by atoms with Crippen LogP contribution in [-0.2, 0) is 0 Å². The van der Waals surface area contributed by atoms with E-state index in [0.717, 1.165) is 12.1 Å². The third-order valence-electron chi connectivity index (χ3n) is 2.23. The highest BCUT2D eigenvalue weighted by molar-refractivity contribution is 5.87. The molecule has 0 bridgehead atoms. The van der Waals surface area contributed by atoms with Gasteiger partial charge in [0.25, 0.3) is 5.69 Å². The number of aromatic carboxylic acids is 1. The van der Waals surface area contributed by atoms with Gasteiger partial charge in [0.2, 0.25) is 0 Å². The van der Waals surface area contributed by atoms with Crippen molar-refractivity contribution in [3.63, 3.8) is 0 Å². The van der Waals surface area contributed by atoms with Gasteiger partial charge in [0.05, 0.1) is 16.2 Å². The van der Waals surface area contributed by atoms with Crippen LogP contribution in [0.2, 0.25) is 0 Å². The summed E-state index contributed by atoms with van der Waals surface area (Å²) in [6, 6.07) is 13.8. The molecule has 2 aromatic rings. The van der Waals surface area contributed by atoms with Crippen LogP contribution in [0.5, 0.6) is 0 Å². The zero-order chi connectivity index (χ0) is 15.0. The number of nitro benzene ring substituents is 1. The first kappa shape index (κ1) is 15.1. The zero-order valence-corrected chi connectivity index (χ0v) is 10.3. The second-order valence-corrected chi connectivity index (χ2v) is 3.59. The van der Waals surface area contributed by atoms with Crippen LogP contribution in [0.25, 0.3) is 0 Å². The molecule has 0 heterocycles. The molecule has 0 saturated carbocycles. The fraction of sp³-hybridized carbons (Fsp3) is 0. The number of nitrogens with one attached hydrogen (secondary N) is 1. The van der Waals surface area contributed by atoms with E-state index in [1.807, 2.05) is 23.7 Å². The van der Waals surface area contributed by atoms with Gasteiger partial charge < -0.3 is 5.11 Å². The molecule has 0 unspecified atom stereocenters. The Morgan fingerprint density at radius 3 is 1.95 bits per heavy atom. The van der Waals surface area contributed by atoms with Gasteiger partial charge in [0.15, 0.2) is 0 Å². The summed E-state index contributed by atoms with van der Waals surface area (Å²) in [5.41, 5.74) is 2.67. The number of nitrogens with zero attached hydrogens (tertiary/aromatic N) is 1. The molecule has 0 spiro atoms. The number of benzene rings is 2. The average molecular weight is 276 g/mol. The van der Waals surface area contributed by atoms with E-state index < -0.39 is 10.9 Å². The van der Waals surface area contributed by atoms with E-state index in [1.54, 1.807) is 12.1 Å². The monoisotopic (exact) mass is 276 g/mol. The number of nitro groups is 1. The molecule has 7 nitrogen and oxygen atoms in total. The van der Waals surface area contributed by atoms with Crippen molar-refractivity contribution >= 4 is 17.3 Å². The Labute approximate surface area is 114 Å². The fourth-order valence-corrected chi connectivity index (χ4v) is 1.24. The van der Waals surface area contributed by atoms with Gasteiger partial charge in [0.1, 0.15) is 0 Å². The molecule has 0 radical (unpaired) electrons. The van der Waals surface area contributed by atoms with Crippen LogP contribution in [-0.4, -0.2) is 21.2 Å². The normalized spacial score (nSPS) is 9.05. The Bertz CT molecular complexity index is 536. The third kappa shape index (κ3) is 4.75. The molecule has 0 aromatic heterocycles. The van der Waals surface area contributed by atoms with E-state index in [2.05, 4.69) is 0 Å². The van der Waals surface area contributed by atoms with E-state index >= 15 is 0 Å². The maximum absolute atomic E-state index is 10.3. The van der Waals surface area contributed by atoms with Gasteiger partial charge >= 0.3 is 5.97 Å². The molecule has 0 aliphatic heterocycles. The Kier molecular flexibility index (Phi) is 5.67. The van der Waals surface area contributed by atoms with Crippen molar-refractivity contribution in [1.82, 2.24) is 0 Å². The molecule has 2 rings (SSSR count). The van der Waals surface area contributed by atoms with E-state index in [9.17, 15) is 14.9 Å². The maximum Gasteiger partial charge on any atom is 0.335 e. The molecular weight excluding hydrogens is 264 g/mol. The van der Waals surface area contributed by atoms with Gasteiger partial charge in [-0.1, -0.05) is 18.2 Å². The Morgan fingerprint density at radius 1 is 1.05 bits per heavy atom. The van der Waals surface area contributed by atoms with Crippen LogP contribution in [0, 0.1) is 10.1 Å². The second-order valence-electron chi connectivity index (χ2n) is 3.59. The molecule has 2 aromatic carbocycles. The number of carboxylic acids is 1. The van der Waals surface area contributed by atoms with Crippen molar-refractivity contribution in [1.29, 1.82) is 0 Å². The summed E-state index contributed by atoms with van der Waals surface area (Å²) in [5.74, 6) is -1.09. The van der Waals surface area contributed by atoms with Crippen LogP contribution < -0.4 is 5.48 Å². The Balaban J connectivity index is 0.000000217. The number of para-hydroxylation sites is 1. The first-order valence-electron chi connectivity index (χ1n) is 5.47. The van der Waals surface area contributed by atoms with Gasteiger partial charge in [-0.15, -0.1) is 0 Å². The lowest BCUT2D eigenvalue weighted by molar-refractivity contribution is -0.384. The van der Waals surface area contributed by atoms with Gasteiger partial charge in [-0.2, -0.15) is 0 Å². The van der Waals surface area contributed by atoms with Gasteiger partial charge in [-0.25, -0.2) is 4.79 Å². The SMILES string of the molecule is O=C(O)c1ccc([N+](=O)[O-])cc1.ONc1ccccc1. The standard InChI is InChI=1S/C7H5NO4.C6H7NO/c9-7(10)5-1-3-6(4-2-5)8(11)12;8-7-6-4-2-1-3-5-6/h1-4H,(H,9,10);1-5,7-8H. The molecule has 0 aliphatic carbocycles. The van der Waals surface area contributed by atoms with Crippen LogP contribution in [0.15, 0.2) is 54.6 Å². The molecule has 7 heteroatoms. The van der Waals surface area contributed by atoms with Crippen molar-refractivity contribution in [3.05, 3.63) is 70.3 Å². The first-order chi connectivity index (χ1) is 9.54. The van der Waals surface area contributed by atoms with Gasteiger partial charge in [0, 0.05) is 12.1 Å². The summed E-state index contributed by atoms with van der Waals surface area (Å²) < 4.78 is 0. The van der Waals surface area contributed by atoms with Crippen LogP contribution in [0.3, 0.4) is 0 Å². The van der Waals surface area contributed by atoms with Crippen molar-refractivity contribution < 1.29 is 20.0 Å². The van der Waals surface area contributed by atoms with Crippen LogP contribution in [0.4, 0.5) is 11.4 Å². The van der Waals surface area contributed by atoms with Gasteiger partial charge in [-0.3, -0.25) is 20.8 Å². The van der Waals surface area contributed by atoms with Crippen molar-refractivity contribution in [2.75, 3.05) is 5.48 Å². The summed E-state index contributed by atoms with van der Waals surface area (Å²) in [7, 11) is 0. The molecule has 3 N–H and O–H groups in total. The van der Waals surface area contributed by atoms with Crippen molar-refractivity contribution in [2.24, 2.45) is 0 Å². The molecule has 0 aliphatic rings. The van der Waals surface area contributed by atoms with E-state index in [0.29, 0.717) is 5.69 Å². The smallest absolute Gasteiger partial charge is 0.335 e. The van der Waals surface area contributed by atoms with Gasteiger partial charge in [-0.05, 0) is 24.3 Å². The predicted octanol–water partition coefficient (Wildman–Crippen LogP) is 2.78. The number of anilines is 1. The molecule has 0 amide bonds. The van der Waals surface area contributed by atoms with E-state index in [4.69, 9.17) is 10.3 Å². The third-order valence-corrected chi connectivity index (χ3v) is 2.23. The summed E-state index contributed by atoms with van der Waals surface area (Å²) in [6.07, 6.45) is 0. The fourth-order valence-electron chi connectivity index (χ4n) is 1.24. The highest BCUT2D eigenvalue weighted by Gasteiger charge is 2.06. The minimum absolute atomic E-state index is 0.0422. The zero-order valence-electron chi connectivity index (χ0n) is 10.3. The van der Waals surface area contributed by atoms with Crippen molar-refractivity contribution in [2.45, 2.75) is 0 Å². The number of hydrogen-bond donors (Lipinski definition) is 3. The van der Waals surface area contributed by atoms with Crippen LogP contribution in [0.1, 0.15) is 10.4 Å². The highest BCUT2D eigenvalue weighted by atomic mass is 16.6. The minimum atomic E-state index is -1.09. The summed E-state index contributed by atoms with van der Waals surface area (Å²) >= 11 is 0. The Hall–Kier alpha value is -2.93. The summed E-state index contributed by atoms with van der Waals surface area (Å²) in [4.78, 5) is 19.9. The quantitative estimate of drug-likeness (QED) is 0.587. The van der Waals surface area contributed by atoms with Crippen molar-refractivity contribution in [3.8, 4) is 0 Å². The molecular formula is C13H12N2O5. The summed E-state index contributed by atoms with van der Waals surface area (Å²) in [6.45, 7) is 0. The number of non-ortho nitro benzene ring substituents is 1. The number of carboxylic acid groups (broad SMARTS) is 1. The first-order valence-corrected chi connectivity index (χ1v) is 5.47. The largest absolute Gasteiger partial charge is 0.478 e. The van der Waals surface area contributed by atoms with E-state index in [-0.39, 0.29) is 11.3 Å². The van der Waals surface area contributed by atoms with E-state index in [1.165, 1.54) is 12.1 Å². The van der Waals surface area contributed by atoms with Crippen LogP contribution >= 0.6 is 0 Å². The lowest BCUT2D eigenvalue weighted by atomic mass is 10.2. The lowest BCUT2D eigenvalue weighted by Crippen LogP contribution is -1.96. The lowest BCUT2D eigenvalue weighted by Gasteiger charge is -1.92. The molecule has 104 valence electrons. The molecule has 0 atom stereocenters. The summed E-state index contributed by atoms with van der Waals surface area (Å²) in [5, 5.41) is 26.9. The topological polar surface area (TPSA) is 113 Å². The molecule has 20 heavy (non-hydrogen) atoms. The average Bonchev–Trinajstić information content (AvgIpc) is 2.48. The maximum atomic E-state index is 10.3. The number of hydrogen-bond acceptors (Lipinski definition) is 5. The predicted molar refractivity (Wildman–Crippen MR) is 71.9 cm³/mol. The highest BCUT2D eigenvalue weighted by Crippen LogP contribution is 2.11. The molecule has 0 fully saturated rings. The number of rotatable bonds is 3. The molecule has 0 saturated heterocycles. The number of carbonyl (C=O) groups is 1. The second kappa shape index (κ2) is 7.49.